The summed E-state index contributed by atoms with van der Waals surface area (Å²) in [6.45, 7) is 8.59. The van der Waals surface area contributed by atoms with Crippen LogP contribution in [-0.4, -0.2) is 11.5 Å². The quantitative estimate of drug-likeness (QED) is 0.779. The number of nitrogens with zero attached hydrogens (tertiary/aromatic N) is 1. The van der Waals surface area contributed by atoms with Gasteiger partial charge < -0.3 is 5.32 Å². The molecule has 0 spiro atoms. The maximum absolute atomic E-state index is 4.19. The Morgan fingerprint density at radius 2 is 2.25 bits per heavy atom. The lowest BCUT2D eigenvalue weighted by Gasteiger charge is -2.18. The molecule has 0 aliphatic carbocycles. The predicted octanol–water partition coefficient (Wildman–Crippen LogP) is 2.28. The Morgan fingerprint density at radius 3 is 2.75 bits per heavy atom. The zero-order valence-electron chi connectivity index (χ0n) is 7.92. The molecule has 0 bridgehead atoms. The Hall–Kier alpha value is -0.410. The van der Waals surface area contributed by atoms with Gasteiger partial charge in [-0.1, -0.05) is 20.8 Å². The summed E-state index contributed by atoms with van der Waals surface area (Å²) in [5.74, 6) is 0. The molecular formula is C9H16N2S. The van der Waals surface area contributed by atoms with Gasteiger partial charge in [0, 0.05) is 18.5 Å². The highest BCUT2D eigenvalue weighted by molar-refractivity contribution is 7.07. The van der Waals surface area contributed by atoms with Crippen LogP contribution < -0.4 is 5.32 Å². The van der Waals surface area contributed by atoms with E-state index in [9.17, 15) is 0 Å². The molecule has 0 aliphatic heterocycles. The predicted molar refractivity (Wildman–Crippen MR) is 53.3 cm³/mol. The third-order valence-corrected chi connectivity index (χ3v) is 2.08. The molecule has 2 nitrogen and oxygen atoms in total. The zero-order valence-corrected chi connectivity index (χ0v) is 8.74. The second kappa shape index (κ2) is 4.01. The lowest BCUT2D eigenvalue weighted by Crippen LogP contribution is -2.26. The van der Waals surface area contributed by atoms with Crippen LogP contribution in [0.2, 0.25) is 0 Å². The van der Waals surface area contributed by atoms with Gasteiger partial charge in [-0.25, -0.2) is 4.98 Å². The highest BCUT2D eigenvalue weighted by Crippen LogP contribution is 2.10. The van der Waals surface area contributed by atoms with Gasteiger partial charge in [-0.2, -0.15) is 0 Å². The van der Waals surface area contributed by atoms with Crippen molar-refractivity contribution in [3.8, 4) is 0 Å². The smallest absolute Gasteiger partial charge is 0.0795 e. The molecule has 0 fully saturated rings. The third kappa shape index (κ3) is 3.83. The van der Waals surface area contributed by atoms with Gasteiger partial charge in [0.15, 0.2) is 0 Å². The average Bonchev–Trinajstić information content (AvgIpc) is 2.36. The lowest BCUT2D eigenvalue weighted by atomic mass is 9.97. The maximum atomic E-state index is 4.19. The molecule has 1 rings (SSSR count). The van der Waals surface area contributed by atoms with Crippen molar-refractivity contribution in [2.45, 2.75) is 27.3 Å². The van der Waals surface area contributed by atoms with E-state index in [1.807, 2.05) is 5.51 Å². The van der Waals surface area contributed by atoms with Crippen molar-refractivity contribution in [2.24, 2.45) is 5.41 Å². The zero-order chi connectivity index (χ0) is 9.03. The SMILES string of the molecule is CC(C)(C)CNCc1cscn1. The molecule has 12 heavy (non-hydrogen) atoms. The minimum Gasteiger partial charge on any atom is -0.311 e. The first-order chi connectivity index (χ1) is 5.58. The monoisotopic (exact) mass is 184 g/mol. The fourth-order valence-corrected chi connectivity index (χ4v) is 1.45. The first kappa shape index (κ1) is 9.68. The summed E-state index contributed by atoms with van der Waals surface area (Å²) in [7, 11) is 0. The average molecular weight is 184 g/mol. The summed E-state index contributed by atoms with van der Waals surface area (Å²) in [6, 6.07) is 0. The summed E-state index contributed by atoms with van der Waals surface area (Å²) in [6.07, 6.45) is 0. The molecule has 0 atom stereocenters. The largest absolute Gasteiger partial charge is 0.311 e. The lowest BCUT2D eigenvalue weighted by molar-refractivity contribution is 0.378. The van der Waals surface area contributed by atoms with Crippen molar-refractivity contribution in [1.29, 1.82) is 0 Å². The van der Waals surface area contributed by atoms with Crippen LogP contribution >= 0.6 is 11.3 Å². The standard InChI is InChI=1S/C9H16N2S/c1-9(2,3)6-10-4-8-5-12-7-11-8/h5,7,10H,4,6H2,1-3H3. The van der Waals surface area contributed by atoms with Crippen molar-refractivity contribution in [1.82, 2.24) is 10.3 Å². The number of aromatic nitrogens is 1. The van der Waals surface area contributed by atoms with Crippen LogP contribution in [0.3, 0.4) is 0 Å². The number of hydrogen-bond acceptors (Lipinski definition) is 3. The normalized spacial score (nSPS) is 11.9. The molecule has 1 aromatic heterocycles. The van der Waals surface area contributed by atoms with E-state index in [2.05, 4.69) is 36.5 Å². The van der Waals surface area contributed by atoms with Crippen molar-refractivity contribution in [3.05, 3.63) is 16.6 Å². The number of nitrogens with one attached hydrogen (secondary N) is 1. The van der Waals surface area contributed by atoms with Gasteiger partial charge in [0.2, 0.25) is 0 Å². The van der Waals surface area contributed by atoms with E-state index in [1.165, 1.54) is 0 Å². The van der Waals surface area contributed by atoms with E-state index in [0.29, 0.717) is 5.41 Å². The van der Waals surface area contributed by atoms with Gasteiger partial charge in [-0.3, -0.25) is 0 Å². The molecule has 0 radical (unpaired) electrons. The molecule has 1 heterocycles. The van der Waals surface area contributed by atoms with Gasteiger partial charge in [0.1, 0.15) is 0 Å². The fourth-order valence-electron chi connectivity index (χ4n) is 0.890. The molecule has 0 aromatic carbocycles. The Bertz CT molecular complexity index is 211. The van der Waals surface area contributed by atoms with E-state index in [-0.39, 0.29) is 0 Å². The number of rotatable bonds is 3. The minimum atomic E-state index is 0.357. The van der Waals surface area contributed by atoms with Crippen LogP contribution in [-0.2, 0) is 6.54 Å². The van der Waals surface area contributed by atoms with Crippen LogP contribution in [0, 0.1) is 5.41 Å². The minimum absolute atomic E-state index is 0.357. The van der Waals surface area contributed by atoms with Crippen LogP contribution in [0.5, 0.6) is 0 Å². The summed E-state index contributed by atoms with van der Waals surface area (Å²) < 4.78 is 0. The van der Waals surface area contributed by atoms with Crippen molar-refractivity contribution in [2.75, 3.05) is 6.54 Å². The Labute approximate surface area is 78.0 Å². The molecule has 1 aromatic rings. The van der Waals surface area contributed by atoms with E-state index < -0.39 is 0 Å². The summed E-state index contributed by atoms with van der Waals surface area (Å²) in [4.78, 5) is 4.19. The molecule has 1 N–H and O–H groups in total. The molecule has 0 aliphatic rings. The van der Waals surface area contributed by atoms with Crippen molar-refractivity contribution in [3.63, 3.8) is 0 Å². The first-order valence-corrected chi connectivity index (χ1v) is 5.10. The molecule has 0 unspecified atom stereocenters. The van der Waals surface area contributed by atoms with Gasteiger partial charge in [0.05, 0.1) is 11.2 Å². The Kier molecular flexibility index (Phi) is 3.23. The molecule has 0 amide bonds. The van der Waals surface area contributed by atoms with E-state index in [0.717, 1.165) is 18.8 Å². The highest BCUT2D eigenvalue weighted by atomic mass is 32.1. The first-order valence-electron chi connectivity index (χ1n) is 4.16. The number of thiazole rings is 1. The van der Waals surface area contributed by atoms with Crippen LogP contribution in [0.25, 0.3) is 0 Å². The van der Waals surface area contributed by atoms with Gasteiger partial charge in [0.25, 0.3) is 0 Å². The fraction of sp³-hybridized carbons (Fsp3) is 0.667. The van der Waals surface area contributed by atoms with Crippen LogP contribution in [0.15, 0.2) is 10.9 Å². The second-order valence-corrected chi connectivity index (χ2v) is 4.86. The highest BCUT2D eigenvalue weighted by Gasteiger charge is 2.08. The van der Waals surface area contributed by atoms with E-state index in [4.69, 9.17) is 0 Å². The number of hydrogen-bond donors (Lipinski definition) is 1. The third-order valence-electron chi connectivity index (χ3n) is 1.44. The molecular weight excluding hydrogens is 168 g/mol. The molecule has 0 saturated carbocycles. The summed E-state index contributed by atoms with van der Waals surface area (Å²) >= 11 is 1.65. The molecule has 3 heteroatoms. The van der Waals surface area contributed by atoms with Crippen molar-refractivity contribution < 1.29 is 0 Å². The Morgan fingerprint density at radius 1 is 1.50 bits per heavy atom. The van der Waals surface area contributed by atoms with E-state index in [1.54, 1.807) is 11.3 Å². The van der Waals surface area contributed by atoms with Crippen molar-refractivity contribution >= 4 is 11.3 Å². The second-order valence-electron chi connectivity index (χ2n) is 4.14. The summed E-state index contributed by atoms with van der Waals surface area (Å²) in [5, 5.41) is 5.45. The Balaban J connectivity index is 2.20. The van der Waals surface area contributed by atoms with Crippen LogP contribution in [0.1, 0.15) is 26.5 Å². The van der Waals surface area contributed by atoms with E-state index >= 15 is 0 Å². The van der Waals surface area contributed by atoms with Gasteiger partial charge >= 0.3 is 0 Å². The topological polar surface area (TPSA) is 24.9 Å². The molecule has 68 valence electrons. The summed E-state index contributed by atoms with van der Waals surface area (Å²) in [5.41, 5.74) is 3.37. The molecule has 0 saturated heterocycles. The van der Waals surface area contributed by atoms with Gasteiger partial charge in [-0.15, -0.1) is 11.3 Å². The van der Waals surface area contributed by atoms with Gasteiger partial charge in [-0.05, 0) is 5.41 Å². The van der Waals surface area contributed by atoms with Crippen LogP contribution in [0.4, 0.5) is 0 Å². The maximum Gasteiger partial charge on any atom is 0.0795 e.